The van der Waals surface area contributed by atoms with Crippen molar-refractivity contribution in [3.05, 3.63) is 11.6 Å². The van der Waals surface area contributed by atoms with E-state index in [1.807, 2.05) is 4.90 Å². The molecule has 1 heterocycles. The van der Waals surface area contributed by atoms with E-state index in [-0.39, 0.29) is 5.91 Å². The highest BCUT2D eigenvalue weighted by Gasteiger charge is 2.29. The van der Waals surface area contributed by atoms with Crippen LogP contribution in [0.2, 0.25) is 0 Å². The second kappa shape index (κ2) is 5.29. The Bertz CT molecular complexity index is 378. The third-order valence-corrected chi connectivity index (χ3v) is 2.93. The first-order valence-electron chi connectivity index (χ1n) is 6.47. The molecule has 0 bridgehead atoms. The summed E-state index contributed by atoms with van der Waals surface area (Å²) in [5.74, 6) is 1.67. The first-order valence-corrected chi connectivity index (χ1v) is 6.47. The van der Waals surface area contributed by atoms with E-state index < -0.39 is 0 Å². The van der Waals surface area contributed by atoms with Gasteiger partial charge in [-0.15, -0.1) is 5.10 Å². The van der Waals surface area contributed by atoms with Crippen molar-refractivity contribution >= 4 is 5.91 Å². The molecule has 0 aliphatic heterocycles. The number of H-pyrrole nitrogens is 1. The fraction of sp³-hybridized carbons (Fsp3) is 0.750. The summed E-state index contributed by atoms with van der Waals surface area (Å²) in [6.07, 6.45) is 4.25. The Morgan fingerprint density at radius 1 is 1.35 bits per heavy atom. The maximum absolute atomic E-state index is 12.2. The van der Waals surface area contributed by atoms with Gasteiger partial charge in [0.25, 0.3) is 5.91 Å². The predicted molar refractivity (Wildman–Crippen MR) is 64.8 cm³/mol. The maximum Gasteiger partial charge on any atom is 0.293 e. The molecule has 1 aromatic heterocycles. The van der Waals surface area contributed by atoms with E-state index in [0.29, 0.717) is 11.7 Å². The highest BCUT2D eigenvalue weighted by atomic mass is 16.2. The summed E-state index contributed by atoms with van der Waals surface area (Å²) in [4.78, 5) is 18.3. The van der Waals surface area contributed by atoms with Gasteiger partial charge in [-0.1, -0.05) is 13.8 Å². The zero-order valence-corrected chi connectivity index (χ0v) is 10.6. The minimum Gasteiger partial charge on any atom is -0.336 e. The zero-order chi connectivity index (χ0) is 12.3. The summed E-state index contributed by atoms with van der Waals surface area (Å²) in [5.41, 5.74) is 0. The Balaban J connectivity index is 2.04. The van der Waals surface area contributed by atoms with Gasteiger partial charge in [0.05, 0.1) is 0 Å². The lowest BCUT2D eigenvalue weighted by atomic mass is 10.3. The first kappa shape index (κ1) is 12.1. The molecular weight excluding hydrogens is 216 g/mol. The summed E-state index contributed by atoms with van der Waals surface area (Å²) in [6.45, 7) is 5.70. The van der Waals surface area contributed by atoms with Crippen molar-refractivity contribution in [1.82, 2.24) is 20.1 Å². The summed E-state index contributed by atoms with van der Waals surface area (Å²) in [6, 6.07) is 0. The minimum atomic E-state index is -0.0446. The van der Waals surface area contributed by atoms with E-state index in [0.717, 1.165) is 44.6 Å². The van der Waals surface area contributed by atoms with E-state index in [1.54, 1.807) is 0 Å². The number of nitrogens with zero attached hydrogens (tertiary/aromatic N) is 3. The fourth-order valence-corrected chi connectivity index (χ4v) is 1.91. The summed E-state index contributed by atoms with van der Waals surface area (Å²) in [5, 5.41) is 6.91. The molecule has 0 spiro atoms. The van der Waals surface area contributed by atoms with Crippen molar-refractivity contribution in [2.24, 2.45) is 0 Å². The van der Waals surface area contributed by atoms with Crippen LogP contribution in [-0.4, -0.2) is 39.1 Å². The lowest BCUT2D eigenvalue weighted by Gasteiger charge is -2.19. The van der Waals surface area contributed by atoms with E-state index >= 15 is 0 Å². The number of hydrogen-bond acceptors (Lipinski definition) is 3. The Kier molecular flexibility index (Phi) is 3.76. The van der Waals surface area contributed by atoms with Crippen LogP contribution in [0.3, 0.4) is 0 Å². The van der Waals surface area contributed by atoms with Crippen LogP contribution < -0.4 is 0 Å². The minimum absolute atomic E-state index is 0.0446. The largest absolute Gasteiger partial charge is 0.336 e. The second-order valence-electron chi connectivity index (χ2n) is 4.61. The second-order valence-corrected chi connectivity index (χ2v) is 4.61. The van der Waals surface area contributed by atoms with Gasteiger partial charge in [-0.25, -0.2) is 4.98 Å². The standard InChI is InChI=1S/C12H20N4O/c1-3-7-16(8-4-2)12(17)11-13-10(14-15-11)9-5-6-9/h9H,3-8H2,1-2H3,(H,13,14,15). The molecular formula is C12H20N4O. The molecule has 5 nitrogen and oxygen atoms in total. The van der Waals surface area contributed by atoms with Crippen molar-refractivity contribution in [3.8, 4) is 0 Å². The van der Waals surface area contributed by atoms with Crippen LogP contribution in [0.1, 0.15) is 61.9 Å². The molecule has 1 amide bonds. The Labute approximate surface area is 102 Å². The topological polar surface area (TPSA) is 61.9 Å². The zero-order valence-electron chi connectivity index (χ0n) is 10.6. The molecule has 0 saturated heterocycles. The summed E-state index contributed by atoms with van der Waals surface area (Å²) >= 11 is 0. The van der Waals surface area contributed by atoms with Gasteiger partial charge in [0.1, 0.15) is 5.82 Å². The van der Waals surface area contributed by atoms with Crippen molar-refractivity contribution < 1.29 is 4.79 Å². The molecule has 0 radical (unpaired) electrons. The lowest BCUT2D eigenvalue weighted by molar-refractivity contribution is 0.0743. The molecule has 0 aromatic carbocycles. The number of carbonyl (C=O) groups is 1. The Morgan fingerprint density at radius 3 is 2.53 bits per heavy atom. The number of hydrogen-bond donors (Lipinski definition) is 1. The van der Waals surface area contributed by atoms with Crippen LogP contribution in [-0.2, 0) is 0 Å². The van der Waals surface area contributed by atoms with E-state index in [4.69, 9.17) is 0 Å². The van der Waals surface area contributed by atoms with Crippen molar-refractivity contribution in [3.63, 3.8) is 0 Å². The highest BCUT2D eigenvalue weighted by molar-refractivity contribution is 5.90. The molecule has 0 unspecified atom stereocenters. The number of aromatic nitrogens is 3. The van der Waals surface area contributed by atoms with Crippen LogP contribution in [0.4, 0.5) is 0 Å². The van der Waals surface area contributed by atoms with E-state index in [9.17, 15) is 4.79 Å². The number of amides is 1. The van der Waals surface area contributed by atoms with Gasteiger partial charge in [-0.2, -0.15) is 0 Å². The van der Waals surface area contributed by atoms with Gasteiger partial charge in [0.2, 0.25) is 5.82 Å². The monoisotopic (exact) mass is 236 g/mol. The summed E-state index contributed by atoms with van der Waals surface area (Å²) in [7, 11) is 0. The highest BCUT2D eigenvalue weighted by Crippen LogP contribution is 2.37. The molecule has 17 heavy (non-hydrogen) atoms. The number of rotatable bonds is 6. The fourth-order valence-electron chi connectivity index (χ4n) is 1.91. The third-order valence-electron chi connectivity index (χ3n) is 2.93. The van der Waals surface area contributed by atoms with Crippen LogP contribution in [0.15, 0.2) is 0 Å². The molecule has 1 aromatic rings. The number of aromatic amines is 1. The molecule has 5 heteroatoms. The van der Waals surface area contributed by atoms with Crippen LogP contribution in [0.25, 0.3) is 0 Å². The molecule has 1 N–H and O–H groups in total. The summed E-state index contributed by atoms with van der Waals surface area (Å²) < 4.78 is 0. The van der Waals surface area contributed by atoms with Gasteiger partial charge in [0.15, 0.2) is 0 Å². The molecule has 1 aliphatic carbocycles. The van der Waals surface area contributed by atoms with Gasteiger partial charge in [-0.05, 0) is 25.7 Å². The van der Waals surface area contributed by atoms with Crippen molar-refractivity contribution in [2.75, 3.05) is 13.1 Å². The van der Waals surface area contributed by atoms with E-state index in [1.165, 1.54) is 0 Å². The van der Waals surface area contributed by atoms with Crippen LogP contribution >= 0.6 is 0 Å². The van der Waals surface area contributed by atoms with Gasteiger partial charge in [-0.3, -0.25) is 9.89 Å². The van der Waals surface area contributed by atoms with Crippen molar-refractivity contribution in [1.29, 1.82) is 0 Å². The number of carbonyl (C=O) groups excluding carboxylic acids is 1. The predicted octanol–water partition coefficient (Wildman–Crippen LogP) is 1.94. The first-order chi connectivity index (χ1) is 8.26. The lowest BCUT2D eigenvalue weighted by Crippen LogP contribution is -2.33. The van der Waals surface area contributed by atoms with E-state index in [2.05, 4.69) is 29.0 Å². The maximum atomic E-state index is 12.2. The van der Waals surface area contributed by atoms with Gasteiger partial charge in [0, 0.05) is 19.0 Å². The van der Waals surface area contributed by atoms with Gasteiger partial charge >= 0.3 is 0 Å². The van der Waals surface area contributed by atoms with Gasteiger partial charge < -0.3 is 4.90 Å². The number of nitrogens with one attached hydrogen (secondary N) is 1. The van der Waals surface area contributed by atoms with Crippen molar-refractivity contribution in [2.45, 2.75) is 45.4 Å². The smallest absolute Gasteiger partial charge is 0.293 e. The molecule has 2 rings (SSSR count). The SMILES string of the molecule is CCCN(CCC)C(=O)c1n[nH]c(C2CC2)n1. The molecule has 94 valence electrons. The quantitative estimate of drug-likeness (QED) is 0.821. The average molecular weight is 236 g/mol. The third kappa shape index (κ3) is 2.84. The molecule has 1 saturated carbocycles. The Hall–Kier alpha value is -1.39. The Morgan fingerprint density at radius 2 is 2.00 bits per heavy atom. The molecule has 0 atom stereocenters. The average Bonchev–Trinajstić information content (AvgIpc) is 3.06. The molecule has 1 aliphatic rings. The normalized spacial score (nSPS) is 14.9. The van der Waals surface area contributed by atoms with Crippen LogP contribution in [0, 0.1) is 0 Å². The van der Waals surface area contributed by atoms with Crippen LogP contribution in [0.5, 0.6) is 0 Å². The molecule has 1 fully saturated rings.